The van der Waals surface area contributed by atoms with Crippen molar-refractivity contribution in [1.82, 2.24) is 40.0 Å². The van der Waals surface area contributed by atoms with Crippen LogP contribution in [0.2, 0.25) is 0 Å². The van der Waals surface area contributed by atoms with Gasteiger partial charge in [0.15, 0.2) is 17.2 Å². The normalized spacial score (nSPS) is 14.1. The minimum Gasteiger partial charge on any atom is -0.489 e. The standard InChI is InChI=1S/C33H34FN9O/c1-43(2)13-12-36-23-15-20(14-22(34)17-23)26-10-11-37-32-29(26)39-33(40-32)31-30-28(41-42-31)9-8-27(38-30)21-16-25(19-35-18-21)44-24-6-4-3-5-7-24/h8-11,14-19,24,36H,3-7,12-13H2,1-2H3,(H,41,42)(H,37,39,40). The Labute approximate surface area is 254 Å². The molecule has 6 aromatic rings. The average Bonchev–Trinajstić information content (AvgIpc) is 3.65. The topological polar surface area (TPSA) is 121 Å². The van der Waals surface area contributed by atoms with E-state index in [1.165, 1.54) is 31.4 Å². The van der Waals surface area contributed by atoms with Crippen LogP contribution < -0.4 is 10.1 Å². The second-order valence-corrected chi connectivity index (χ2v) is 11.6. The predicted molar refractivity (Wildman–Crippen MR) is 170 cm³/mol. The smallest absolute Gasteiger partial charge is 0.178 e. The Hall–Kier alpha value is -4.90. The highest BCUT2D eigenvalue weighted by atomic mass is 19.1. The number of H-pyrrole nitrogens is 2. The number of nitrogens with one attached hydrogen (secondary N) is 3. The van der Waals surface area contributed by atoms with Gasteiger partial charge in [-0.3, -0.25) is 10.1 Å². The van der Waals surface area contributed by atoms with Crippen molar-refractivity contribution >= 4 is 27.9 Å². The van der Waals surface area contributed by atoms with E-state index in [-0.39, 0.29) is 11.9 Å². The summed E-state index contributed by atoms with van der Waals surface area (Å²) in [5, 5.41) is 10.9. The van der Waals surface area contributed by atoms with Crippen molar-refractivity contribution in [3.63, 3.8) is 0 Å². The summed E-state index contributed by atoms with van der Waals surface area (Å²) in [6.07, 6.45) is 11.3. The van der Waals surface area contributed by atoms with Crippen molar-refractivity contribution in [3.05, 3.63) is 66.9 Å². The lowest BCUT2D eigenvalue weighted by Crippen LogP contribution is -2.20. The van der Waals surface area contributed by atoms with E-state index in [1.807, 2.05) is 44.4 Å². The van der Waals surface area contributed by atoms with Crippen LogP contribution in [-0.4, -0.2) is 73.3 Å². The third-order valence-corrected chi connectivity index (χ3v) is 7.98. The molecule has 0 atom stereocenters. The number of aromatic amines is 2. The highest BCUT2D eigenvalue weighted by molar-refractivity contribution is 5.95. The molecule has 0 saturated heterocycles. The molecule has 1 aliphatic carbocycles. The molecular weight excluding hydrogens is 557 g/mol. The Bertz CT molecular complexity index is 1930. The van der Waals surface area contributed by atoms with Gasteiger partial charge in [-0.05, 0) is 87.8 Å². The number of aromatic nitrogens is 7. The Balaban J connectivity index is 1.21. The van der Waals surface area contributed by atoms with E-state index < -0.39 is 0 Å². The number of pyridine rings is 3. The molecule has 5 aromatic heterocycles. The largest absolute Gasteiger partial charge is 0.489 e. The summed E-state index contributed by atoms with van der Waals surface area (Å²) >= 11 is 0. The van der Waals surface area contributed by atoms with Gasteiger partial charge < -0.3 is 19.9 Å². The van der Waals surface area contributed by atoms with E-state index >= 15 is 0 Å². The van der Waals surface area contributed by atoms with Crippen molar-refractivity contribution in [1.29, 1.82) is 0 Å². The molecule has 0 unspecified atom stereocenters. The van der Waals surface area contributed by atoms with Gasteiger partial charge in [0.2, 0.25) is 0 Å². The maximum Gasteiger partial charge on any atom is 0.178 e. The fourth-order valence-electron chi connectivity index (χ4n) is 5.76. The number of likely N-dealkylation sites (N-methyl/N-ethyl adjacent to an activating group) is 1. The number of ether oxygens (including phenoxy) is 1. The number of hydrogen-bond donors (Lipinski definition) is 3. The minimum atomic E-state index is -0.322. The highest BCUT2D eigenvalue weighted by Gasteiger charge is 2.19. The first-order valence-electron chi connectivity index (χ1n) is 15.0. The zero-order valence-electron chi connectivity index (χ0n) is 24.8. The molecule has 1 saturated carbocycles. The lowest BCUT2D eigenvalue weighted by molar-refractivity contribution is 0.154. The van der Waals surface area contributed by atoms with Crippen molar-refractivity contribution in [2.45, 2.75) is 38.2 Å². The zero-order valence-corrected chi connectivity index (χ0v) is 24.8. The van der Waals surface area contributed by atoms with Gasteiger partial charge in [0.05, 0.1) is 29.0 Å². The van der Waals surface area contributed by atoms with E-state index in [1.54, 1.807) is 18.6 Å². The Morgan fingerprint density at radius 1 is 1.00 bits per heavy atom. The SMILES string of the molecule is CN(C)CCNc1cc(F)cc(-c2ccnc3nc(-c4n[nH]c5ccc(-c6cncc(OC7CCCCC7)c6)nc45)[nH]c23)c1. The van der Waals surface area contributed by atoms with E-state index in [4.69, 9.17) is 14.7 Å². The fraction of sp³-hybridized carbons (Fsp3) is 0.303. The predicted octanol–water partition coefficient (Wildman–Crippen LogP) is 6.45. The first-order chi connectivity index (χ1) is 21.5. The monoisotopic (exact) mass is 591 g/mol. The van der Waals surface area contributed by atoms with Crippen LogP contribution >= 0.6 is 0 Å². The maximum absolute atomic E-state index is 14.7. The molecule has 1 aliphatic rings. The molecule has 0 spiro atoms. The summed E-state index contributed by atoms with van der Waals surface area (Å²) in [6.45, 7) is 1.53. The van der Waals surface area contributed by atoms with Crippen LogP contribution in [0.15, 0.2) is 61.1 Å². The van der Waals surface area contributed by atoms with E-state index in [2.05, 4.69) is 35.4 Å². The first kappa shape index (κ1) is 27.9. The van der Waals surface area contributed by atoms with Crippen LogP contribution in [0.3, 0.4) is 0 Å². The summed E-state index contributed by atoms with van der Waals surface area (Å²) in [7, 11) is 4.01. The van der Waals surface area contributed by atoms with E-state index in [0.717, 1.165) is 53.0 Å². The maximum atomic E-state index is 14.7. The molecule has 1 fully saturated rings. The van der Waals surface area contributed by atoms with Crippen molar-refractivity contribution in [2.75, 3.05) is 32.5 Å². The molecule has 0 amide bonds. The molecule has 3 N–H and O–H groups in total. The number of fused-ring (bicyclic) bond motifs is 2. The number of imidazole rings is 1. The van der Waals surface area contributed by atoms with Gasteiger partial charge in [0, 0.05) is 42.3 Å². The Kier molecular flexibility index (Phi) is 7.61. The first-order valence-corrected chi connectivity index (χ1v) is 15.0. The van der Waals surface area contributed by atoms with Gasteiger partial charge in [-0.15, -0.1) is 0 Å². The molecule has 0 aliphatic heterocycles. The van der Waals surface area contributed by atoms with Crippen molar-refractivity contribution in [2.24, 2.45) is 0 Å². The number of nitrogens with zero attached hydrogens (tertiary/aromatic N) is 6. The zero-order chi connectivity index (χ0) is 30.0. The molecule has 5 heterocycles. The number of halogens is 1. The Morgan fingerprint density at radius 2 is 1.89 bits per heavy atom. The van der Waals surface area contributed by atoms with Gasteiger partial charge in [0.25, 0.3) is 0 Å². The number of benzene rings is 1. The molecule has 11 heteroatoms. The third kappa shape index (κ3) is 5.83. The van der Waals surface area contributed by atoms with E-state index in [9.17, 15) is 4.39 Å². The summed E-state index contributed by atoms with van der Waals surface area (Å²) in [5.74, 6) is 0.953. The summed E-state index contributed by atoms with van der Waals surface area (Å²) < 4.78 is 20.9. The van der Waals surface area contributed by atoms with Crippen LogP contribution in [0.1, 0.15) is 32.1 Å². The van der Waals surface area contributed by atoms with Gasteiger partial charge >= 0.3 is 0 Å². The third-order valence-electron chi connectivity index (χ3n) is 7.98. The second kappa shape index (κ2) is 12.0. The summed E-state index contributed by atoms with van der Waals surface area (Å²) in [4.78, 5) is 24.1. The summed E-state index contributed by atoms with van der Waals surface area (Å²) in [5.41, 5.74) is 7.05. The molecule has 7 rings (SSSR count). The highest BCUT2D eigenvalue weighted by Crippen LogP contribution is 2.33. The van der Waals surface area contributed by atoms with E-state index in [0.29, 0.717) is 40.4 Å². The minimum absolute atomic E-state index is 0.238. The second-order valence-electron chi connectivity index (χ2n) is 11.6. The molecule has 0 bridgehead atoms. The number of anilines is 1. The van der Waals surface area contributed by atoms with Gasteiger partial charge in [-0.2, -0.15) is 5.10 Å². The van der Waals surface area contributed by atoms with Crippen LogP contribution in [0.4, 0.5) is 10.1 Å². The van der Waals surface area contributed by atoms with Crippen molar-refractivity contribution < 1.29 is 9.13 Å². The van der Waals surface area contributed by atoms with Crippen LogP contribution in [-0.2, 0) is 0 Å². The number of hydrogen-bond acceptors (Lipinski definition) is 8. The molecule has 224 valence electrons. The molecule has 10 nitrogen and oxygen atoms in total. The van der Waals surface area contributed by atoms with Gasteiger partial charge in [-0.25, -0.2) is 19.3 Å². The quantitative estimate of drug-likeness (QED) is 0.175. The Morgan fingerprint density at radius 3 is 2.75 bits per heavy atom. The van der Waals surface area contributed by atoms with Crippen molar-refractivity contribution in [3.8, 4) is 39.7 Å². The lowest BCUT2D eigenvalue weighted by Gasteiger charge is -2.22. The molecule has 1 aromatic carbocycles. The lowest BCUT2D eigenvalue weighted by atomic mass is 9.98. The average molecular weight is 592 g/mol. The fourth-order valence-corrected chi connectivity index (χ4v) is 5.76. The summed E-state index contributed by atoms with van der Waals surface area (Å²) in [6, 6.07) is 12.7. The van der Waals surface area contributed by atoms with Crippen LogP contribution in [0.25, 0.3) is 56.1 Å². The molecule has 0 radical (unpaired) electrons. The van der Waals surface area contributed by atoms with Crippen LogP contribution in [0, 0.1) is 5.82 Å². The number of rotatable bonds is 9. The van der Waals surface area contributed by atoms with Gasteiger partial charge in [0.1, 0.15) is 17.1 Å². The van der Waals surface area contributed by atoms with Crippen LogP contribution in [0.5, 0.6) is 5.75 Å². The molecule has 44 heavy (non-hydrogen) atoms. The van der Waals surface area contributed by atoms with Gasteiger partial charge in [-0.1, -0.05) is 6.42 Å². The molecular formula is C33H34FN9O.